The van der Waals surface area contributed by atoms with Crippen LogP contribution in [0.25, 0.3) is 0 Å². The molecule has 1 amide bonds. The van der Waals surface area contributed by atoms with E-state index in [1.54, 1.807) is 25.1 Å². The summed E-state index contributed by atoms with van der Waals surface area (Å²) in [5.74, 6) is 0.406. The molecule has 0 aliphatic rings. The lowest BCUT2D eigenvalue weighted by molar-refractivity contribution is 0.0747. The van der Waals surface area contributed by atoms with E-state index in [0.29, 0.717) is 30.3 Å². The van der Waals surface area contributed by atoms with E-state index >= 15 is 0 Å². The van der Waals surface area contributed by atoms with Gasteiger partial charge in [-0.25, -0.2) is 9.97 Å². The molecular weight excluding hydrogens is 266 g/mol. The highest BCUT2D eigenvalue weighted by Gasteiger charge is 2.22. The number of carbonyl (C=O) groups excluding carboxylic acids is 1. The van der Waals surface area contributed by atoms with Crippen molar-refractivity contribution in [3.05, 3.63) is 17.7 Å². The van der Waals surface area contributed by atoms with E-state index in [4.69, 9.17) is 5.26 Å². The second-order valence-electron chi connectivity index (χ2n) is 5.27. The molecule has 1 aromatic rings. The monoisotopic (exact) mass is 289 g/mol. The van der Waals surface area contributed by atoms with E-state index in [1.807, 2.05) is 20.8 Å². The van der Waals surface area contributed by atoms with Gasteiger partial charge < -0.3 is 10.2 Å². The molecule has 1 unspecified atom stereocenters. The van der Waals surface area contributed by atoms with Crippen LogP contribution in [-0.4, -0.2) is 40.9 Å². The molecule has 1 heterocycles. The third-order valence-electron chi connectivity index (χ3n) is 3.18. The van der Waals surface area contributed by atoms with Crippen LogP contribution in [0.15, 0.2) is 6.20 Å². The summed E-state index contributed by atoms with van der Waals surface area (Å²) in [6.07, 6.45) is 1.64. The van der Waals surface area contributed by atoms with Crippen molar-refractivity contribution < 1.29 is 4.79 Å². The van der Waals surface area contributed by atoms with E-state index in [1.165, 1.54) is 0 Å². The number of carbonyl (C=O) groups is 1. The summed E-state index contributed by atoms with van der Waals surface area (Å²) in [6.45, 7) is 8.60. The van der Waals surface area contributed by atoms with Crippen molar-refractivity contribution in [1.29, 1.82) is 5.26 Å². The Morgan fingerprint density at radius 1 is 1.48 bits per heavy atom. The predicted octanol–water partition coefficient (Wildman–Crippen LogP) is 2.26. The summed E-state index contributed by atoms with van der Waals surface area (Å²) in [5.41, 5.74) is 0.968. The van der Waals surface area contributed by atoms with Crippen LogP contribution in [0.5, 0.6) is 0 Å². The molecule has 6 nitrogen and oxygen atoms in total. The van der Waals surface area contributed by atoms with Gasteiger partial charge in [0.05, 0.1) is 23.9 Å². The van der Waals surface area contributed by atoms with Gasteiger partial charge in [-0.15, -0.1) is 0 Å². The largest absolute Gasteiger partial charge is 0.385 e. The van der Waals surface area contributed by atoms with E-state index in [0.717, 1.165) is 0 Å². The van der Waals surface area contributed by atoms with Gasteiger partial charge in [0.15, 0.2) is 5.69 Å². The van der Waals surface area contributed by atoms with Crippen molar-refractivity contribution in [3.8, 4) is 6.07 Å². The van der Waals surface area contributed by atoms with Crippen molar-refractivity contribution >= 4 is 11.6 Å². The number of amides is 1. The summed E-state index contributed by atoms with van der Waals surface area (Å²) in [7, 11) is 1.73. The number of nitrogens with one attached hydrogen (secondary N) is 1. The first-order valence-electron chi connectivity index (χ1n) is 7.18. The highest BCUT2D eigenvalue weighted by molar-refractivity contribution is 5.97. The van der Waals surface area contributed by atoms with Gasteiger partial charge in [0, 0.05) is 26.1 Å². The van der Waals surface area contributed by atoms with Gasteiger partial charge in [-0.1, -0.05) is 13.8 Å². The summed E-state index contributed by atoms with van der Waals surface area (Å²) in [6, 6.07) is 2.15. The van der Waals surface area contributed by atoms with Crippen molar-refractivity contribution in [1.82, 2.24) is 14.9 Å². The molecule has 1 N–H and O–H groups in total. The topological polar surface area (TPSA) is 81.9 Å². The van der Waals surface area contributed by atoms with Crippen LogP contribution in [0.2, 0.25) is 0 Å². The minimum Gasteiger partial charge on any atom is -0.385 e. The van der Waals surface area contributed by atoms with E-state index in [-0.39, 0.29) is 17.7 Å². The maximum absolute atomic E-state index is 12.7. The zero-order valence-corrected chi connectivity index (χ0v) is 13.3. The first-order chi connectivity index (χ1) is 9.94. The number of nitriles is 1. The second-order valence-corrected chi connectivity index (χ2v) is 5.27. The zero-order chi connectivity index (χ0) is 16.0. The molecule has 0 spiro atoms. The number of anilines is 1. The maximum Gasteiger partial charge on any atom is 0.274 e. The smallest absolute Gasteiger partial charge is 0.274 e. The average Bonchev–Trinajstić information content (AvgIpc) is 2.50. The molecule has 0 fully saturated rings. The molecule has 1 aromatic heterocycles. The molecule has 1 rings (SSSR count). The SMILES string of the molecule is CCN(CC(C)C#N)C(=O)c1nc(C(C)C)ncc1NC. The predicted molar refractivity (Wildman–Crippen MR) is 82.0 cm³/mol. The zero-order valence-electron chi connectivity index (χ0n) is 13.3. The lowest BCUT2D eigenvalue weighted by Crippen LogP contribution is -2.35. The fraction of sp³-hybridized carbons (Fsp3) is 0.600. The quantitative estimate of drug-likeness (QED) is 0.868. The van der Waals surface area contributed by atoms with Crippen LogP contribution in [-0.2, 0) is 0 Å². The van der Waals surface area contributed by atoms with Crippen LogP contribution >= 0.6 is 0 Å². The van der Waals surface area contributed by atoms with Crippen LogP contribution in [0.1, 0.15) is 49.9 Å². The van der Waals surface area contributed by atoms with E-state index < -0.39 is 0 Å². The van der Waals surface area contributed by atoms with Gasteiger partial charge in [-0.05, 0) is 13.8 Å². The van der Waals surface area contributed by atoms with E-state index in [9.17, 15) is 4.79 Å². The molecule has 0 aliphatic carbocycles. The van der Waals surface area contributed by atoms with Gasteiger partial charge in [-0.2, -0.15) is 5.26 Å². The number of hydrogen-bond acceptors (Lipinski definition) is 5. The van der Waals surface area contributed by atoms with E-state index in [2.05, 4.69) is 21.4 Å². The molecule has 0 saturated heterocycles. The van der Waals surface area contributed by atoms with Gasteiger partial charge in [0.2, 0.25) is 0 Å². The average molecular weight is 289 g/mol. The molecule has 0 aromatic carbocycles. The Balaban J connectivity index is 3.14. The van der Waals surface area contributed by atoms with Crippen LogP contribution in [0, 0.1) is 17.2 Å². The number of hydrogen-bond donors (Lipinski definition) is 1. The van der Waals surface area contributed by atoms with Crippen LogP contribution in [0.3, 0.4) is 0 Å². The number of rotatable bonds is 6. The van der Waals surface area contributed by atoms with Crippen molar-refractivity contribution in [2.24, 2.45) is 5.92 Å². The molecule has 6 heteroatoms. The lowest BCUT2D eigenvalue weighted by Gasteiger charge is -2.23. The molecule has 21 heavy (non-hydrogen) atoms. The van der Waals surface area contributed by atoms with Gasteiger partial charge >= 0.3 is 0 Å². The molecule has 114 valence electrons. The van der Waals surface area contributed by atoms with Crippen LogP contribution in [0.4, 0.5) is 5.69 Å². The minimum atomic E-state index is -0.210. The standard InChI is InChI=1S/C15H23N5O/c1-6-20(9-11(4)7-16)15(21)13-12(17-5)8-18-14(19-13)10(2)3/h8,10-11,17H,6,9H2,1-5H3. The Morgan fingerprint density at radius 2 is 2.14 bits per heavy atom. The maximum atomic E-state index is 12.7. The highest BCUT2D eigenvalue weighted by atomic mass is 16.2. The molecule has 0 aliphatic heterocycles. The lowest BCUT2D eigenvalue weighted by atomic mass is 10.1. The Labute approximate surface area is 126 Å². The van der Waals surface area contributed by atoms with Crippen molar-refractivity contribution in [2.45, 2.75) is 33.6 Å². The fourth-order valence-corrected chi connectivity index (χ4v) is 1.90. The Bertz CT molecular complexity index is 535. The summed E-state index contributed by atoms with van der Waals surface area (Å²) in [4.78, 5) is 23.0. The summed E-state index contributed by atoms with van der Waals surface area (Å²) in [5, 5.41) is 11.9. The number of nitrogens with zero attached hydrogens (tertiary/aromatic N) is 4. The first-order valence-corrected chi connectivity index (χ1v) is 7.18. The third kappa shape index (κ3) is 4.15. The Morgan fingerprint density at radius 3 is 2.62 bits per heavy atom. The Hall–Kier alpha value is -2.16. The van der Waals surface area contributed by atoms with Gasteiger partial charge in [0.25, 0.3) is 5.91 Å². The summed E-state index contributed by atoms with van der Waals surface area (Å²) < 4.78 is 0. The van der Waals surface area contributed by atoms with Crippen molar-refractivity contribution in [3.63, 3.8) is 0 Å². The molecular formula is C15H23N5O. The van der Waals surface area contributed by atoms with Crippen molar-refractivity contribution in [2.75, 3.05) is 25.5 Å². The van der Waals surface area contributed by atoms with Gasteiger partial charge in [-0.3, -0.25) is 4.79 Å². The van der Waals surface area contributed by atoms with Gasteiger partial charge in [0.1, 0.15) is 5.82 Å². The molecule has 0 radical (unpaired) electrons. The molecule has 0 saturated carbocycles. The summed E-state index contributed by atoms with van der Waals surface area (Å²) >= 11 is 0. The highest BCUT2D eigenvalue weighted by Crippen LogP contribution is 2.18. The normalized spacial score (nSPS) is 11.9. The molecule has 0 bridgehead atoms. The second kappa shape index (κ2) is 7.58. The minimum absolute atomic E-state index is 0.149. The Kier molecular flexibility index (Phi) is 6.10. The number of aromatic nitrogens is 2. The molecule has 1 atom stereocenters. The van der Waals surface area contributed by atoms with Crippen LogP contribution < -0.4 is 5.32 Å². The fourth-order valence-electron chi connectivity index (χ4n) is 1.90. The third-order valence-corrected chi connectivity index (χ3v) is 3.18. The first kappa shape index (κ1) is 16.9.